The number of hydrogen-bond donors (Lipinski definition) is 1. The molecule has 0 aliphatic heterocycles. The first-order valence-corrected chi connectivity index (χ1v) is 7.27. The summed E-state index contributed by atoms with van der Waals surface area (Å²) in [7, 11) is 0. The molecule has 20 heavy (non-hydrogen) atoms. The Balaban J connectivity index is 2.07. The molecule has 0 spiro atoms. The number of anilines is 1. The molecule has 0 fully saturated rings. The van der Waals surface area contributed by atoms with Crippen molar-refractivity contribution >= 4 is 28.3 Å². The van der Waals surface area contributed by atoms with Crippen molar-refractivity contribution < 1.29 is 0 Å². The van der Waals surface area contributed by atoms with Gasteiger partial charge in [-0.3, -0.25) is 0 Å². The number of imidazole rings is 1. The molecule has 2 aromatic heterocycles. The molecular formula is C15H14N4S. The van der Waals surface area contributed by atoms with E-state index in [4.69, 9.17) is 11.0 Å². The van der Waals surface area contributed by atoms with Crippen molar-refractivity contribution in [3.8, 4) is 6.07 Å². The summed E-state index contributed by atoms with van der Waals surface area (Å²) < 4.78 is 1.96. The monoisotopic (exact) mass is 282 g/mol. The Kier molecular flexibility index (Phi) is 3.17. The van der Waals surface area contributed by atoms with E-state index < -0.39 is 0 Å². The molecule has 0 saturated carbocycles. The standard InChI is InChI=1S/C15H14N4S/c1-2-11-6-7-12(20-11)9-19-13-5-3-4-10(8-16)14(13)18-15(19)17/h3-7H,2,9H2,1H3,(H2,17,18). The van der Waals surface area contributed by atoms with Crippen LogP contribution in [-0.4, -0.2) is 9.55 Å². The summed E-state index contributed by atoms with van der Waals surface area (Å²) >= 11 is 1.79. The van der Waals surface area contributed by atoms with Gasteiger partial charge >= 0.3 is 0 Å². The third kappa shape index (κ3) is 2.04. The van der Waals surface area contributed by atoms with Crippen LogP contribution in [0.3, 0.4) is 0 Å². The van der Waals surface area contributed by atoms with Gasteiger partial charge in [-0.05, 0) is 30.7 Å². The zero-order valence-electron chi connectivity index (χ0n) is 11.1. The van der Waals surface area contributed by atoms with Crippen LogP contribution >= 0.6 is 11.3 Å². The molecule has 0 amide bonds. The minimum absolute atomic E-state index is 0.453. The smallest absolute Gasteiger partial charge is 0.201 e. The number of thiophene rings is 1. The molecule has 0 bridgehead atoms. The maximum absolute atomic E-state index is 9.12. The van der Waals surface area contributed by atoms with Crippen molar-refractivity contribution in [3.05, 3.63) is 45.6 Å². The molecule has 0 saturated heterocycles. The van der Waals surface area contributed by atoms with E-state index in [1.54, 1.807) is 17.4 Å². The number of fused-ring (bicyclic) bond motifs is 1. The Morgan fingerprint density at radius 1 is 1.30 bits per heavy atom. The first kappa shape index (κ1) is 12.7. The second-order valence-electron chi connectivity index (χ2n) is 4.56. The summed E-state index contributed by atoms with van der Waals surface area (Å²) in [5.74, 6) is 0.453. The molecule has 0 radical (unpaired) electrons. The first-order valence-electron chi connectivity index (χ1n) is 6.45. The van der Waals surface area contributed by atoms with Gasteiger partial charge in [0.25, 0.3) is 0 Å². The van der Waals surface area contributed by atoms with Crippen molar-refractivity contribution in [2.75, 3.05) is 5.73 Å². The van der Waals surface area contributed by atoms with Crippen molar-refractivity contribution in [1.29, 1.82) is 5.26 Å². The Labute approximate surface area is 121 Å². The second kappa shape index (κ2) is 4.99. The van der Waals surface area contributed by atoms with Gasteiger partial charge in [-0.1, -0.05) is 13.0 Å². The van der Waals surface area contributed by atoms with Crippen molar-refractivity contribution in [2.45, 2.75) is 19.9 Å². The lowest BCUT2D eigenvalue weighted by atomic mass is 10.2. The topological polar surface area (TPSA) is 67.6 Å². The molecule has 0 aliphatic carbocycles. The summed E-state index contributed by atoms with van der Waals surface area (Å²) in [5, 5.41) is 9.12. The van der Waals surface area contributed by atoms with Gasteiger partial charge in [-0.2, -0.15) is 5.26 Å². The normalized spacial score (nSPS) is 10.8. The molecule has 0 aliphatic rings. The fourth-order valence-electron chi connectivity index (χ4n) is 2.27. The van der Waals surface area contributed by atoms with Crippen LogP contribution in [0.2, 0.25) is 0 Å². The Hall–Kier alpha value is -2.32. The fourth-order valence-corrected chi connectivity index (χ4v) is 3.22. The quantitative estimate of drug-likeness (QED) is 0.802. The van der Waals surface area contributed by atoms with Crippen molar-refractivity contribution in [1.82, 2.24) is 9.55 Å². The molecule has 4 nitrogen and oxygen atoms in total. The highest BCUT2D eigenvalue weighted by Gasteiger charge is 2.12. The van der Waals surface area contributed by atoms with Gasteiger partial charge in [-0.15, -0.1) is 11.3 Å². The van der Waals surface area contributed by atoms with Crippen molar-refractivity contribution in [2.24, 2.45) is 0 Å². The minimum Gasteiger partial charge on any atom is -0.369 e. The molecule has 3 rings (SSSR count). The maximum Gasteiger partial charge on any atom is 0.201 e. The zero-order valence-corrected chi connectivity index (χ0v) is 11.9. The lowest BCUT2D eigenvalue weighted by Gasteiger charge is -2.04. The highest BCUT2D eigenvalue weighted by molar-refractivity contribution is 7.11. The molecule has 3 aromatic rings. The van der Waals surface area contributed by atoms with Gasteiger partial charge in [-0.25, -0.2) is 4.98 Å². The molecular weight excluding hydrogens is 268 g/mol. The predicted molar refractivity (Wildman–Crippen MR) is 81.7 cm³/mol. The van der Waals surface area contributed by atoms with E-state index in [2.05, 4.69) is 30.1 Å². The highest BCUT2D eigenvalue weighted by atomic mass is 32.1. The van der Waals surface area contributed by atoms with Crippen LogP contribution in [0.15, 0.2) is 30.3 Å². The van der Waals surface area contributed by atoms with Crippen LogP contribution in [0.25, 0.3) is 11.0 Å². The predicted octanol–water partition coefficient (Wildman–Crippen LogP) is 3.16. The number of benzene rings is 1. The molecule has 100 valence electrons. The summed E-state index contributed by atoms with van der Waals surface area (Å²) in [6.07, 6.45) is 1.05. The van der Waals surface area contributed by atoms with Crippen molar-refractivity contribution in [3.63, 3.8) is 0 Å². The molecule has 0 atom stereocenters. The zero-order chi connectivity index (χ0) is 14.1. The molecule has 1 aromatic carbocycles. The lowest BCUT2D eigenvalue weighted by Crippen LogP contribution is -2.03. The average Bonchev–Trinajstić information content (AvgIpc) is 3.04. The summed E-state index contributed by atoms with van der Waals surface area (Å²) in [4.78, 5) is 6.94. The van der Waals surface area contributed by atoms with Gasteiger partial charge in [0.1, 0.15) is 11.6 Å². The Morgan fingerprint density at radius 2 is 2.10 bits per heavy atom. The van der Waals surface area contributed by atoms with E-state index in [9.17, 15) is 0 Å². The highest BCUT2D eigenvalue weighted by Crippen LogP contribution is 2.25. The number of nitrogen functional groups attached to an aromatic ring is 1. The summed E-state index contributed by atoms with van der Waals surface area (Å²) in [6, 6.07) is 12.0. The van der Waals surface area contributed by atoms with Crippen LogP contribution in [-0.2, 0) is 13.0 Å². The lowest BCUT2D eigenvalue weighted by molar-refractivity contribution is 0.853. The van der Waals surface area contributed by atoms with E-state index in [1.807, 2.05) is 16.7 Å². The SMILES string of the molecule is CCc1ccc(Cn2c(N)nc3c(C#N)cccc32)s1. The maximum atomic E-state index is 9.12. The van der Waals surface area contributed by atoms with Crippen LogP contribution in [0, 0.1) is 11.3 Å². The number of aromatic nitrogens is 2. The molecule has 2 heterocycles. The second-order valence-corrected chi connectivity index (χ2v) is 5.82. The van der Waals surface area contributed by atoms with Crippen LogP contribution in [0.4, 0.5) is 5.95 Å². The van der Waals surface area contributed by atoms with Gasteiger partial charge < -0.3 is 10.3 Å². The average molecular weight is 282 g/mol. The van der Waals surface area contributed by atoms with E-state index in [-0.39, 0.29) is 0 Å². The number of nitrogens with two attached hydrogens (primary N) is 1. The first-order chi connectivity index (χ1) is 9.72. The summed E-state index contributed by atoms with van der Waals surface area (Å²) in [6.45, 7) is 2.84. The van der Waals surface area contributed by atoms with Crippen LogP contribution in [0.1, 0.15) is 22.2 Å². The van der Waals surface area contributed by atoms with E-state index >= 15 is 0 Å². The van der Waals surface area contributed by atoms with E-state index in [0.717, 1.165) is 11.9 Å². The van der Waals surface area contributed by atoms with Crippen LogP contribution < -0.4 is 5.73 Å². The Morgan fingerprint density at radius 3 is 2.80 bits per heavy atom. The largest absolute Gasteiger partial charge is 0.369 e. The fraction of sp³-hybridized carbons (Fsp3) is 0.200. The molecule has 0 unspecified atom stereocenters. The minimum atomic E-state index is 0.453. The molecule has 2 N–H and O–H groups in total. The number of aryl methyl sites for hydroxylation is 1. The van der Waals surface area contributed by atoms with Gasteiger partial charge in [0, 0.05) is 9.75 Å². The number of rotatable bonds is 3. The third-order valence-electron chi connectivity index (χ3n) is 3.31. The molecule has 5 heteroatoms. The number of hydrogen-bond acceptors (Lipinski definition) is 4. The van der Waals surface area contributed by atoms with Gasteiger partial charge in [0.15, 0.2) is 0 Å². The van der Waals surface area contributed by atoms with E-state index in [0.29, 0.717) is 23.6 Å². The Bertz CT molecular complexity index is 807. The van der Waals surface area contributed by atoms with Crippen LogP contribution in [0.5, 0.6) is 0 Å². The number of para-hydroxylation sites is 1. The number of nitrogens with zero attached hydrogens (tertiary/aromatic N) is 3. The van der Waals surface area contributed by atoms with Gasteiger partial charge in [0.05, 0.1) is 17.6 Å². The summed E-state index contributed by atoms with van der Waals surface area (Å²) in [5.41, 5.74) is 8.16. The third-order valence-corrected chi connectivity index (χ3v) is 4.52. The van der Waals surface area contributed by atoms with E-state index in [1.165, 1.54) is 9.75 Å². The number of nitriles is 1. The van der Waals surface area contributed by atoms with Gasteiger partial charge in [0.2, 0.25) is 5.95 Å².